The normalized spacial score (nSPS) is 11.6. The molecule has 2 aromatic rings. The van der Waals surface area contributed by atoms with Crippen molar-refractivity contribution in [3.63, 3.8) is 0 Å². The molecule has 0 aliphatic rings. The van der Waals surface area contributed by atoms with Crippen LogP contribution in [0.2, 0.25) is 0 Å². The molecule has 1 unspecified atom stereocenters. The third-order valence-corrected chi connectivity index (χ3v) is 3.31. The summed E-state index contributed by atoms with van der Waals surface area (Å²) in [6.45, 7) is 2.47. The molecule has 1 heterocycles. The molecular formula is C15H21ClFN5O. The molecule has 3 N–H and O–H groups in total. The molecule has 23 heavy (non-hydrogen) atoms. The molecule has 1 aromatic carbocycles. The number of nitrogens with one attached hydrogen (secondary N) is 1. The van der Waals surface area contributed by atoms with E-state index in [9.17, 15) is 9.18 Å². The number of rotatable bonds is 7. The van der Waals surface area contributed by atoms with Crippen molar-refractivity contribution in [1.82, 2.24) is 20.3 Å². The zero-order chi connectivity index (χ0) is 15.9. The molecule has 1 atom stereocenters. The van der Waals surface area contributed by atoms with E-state index < -0.39 is 0 Å². The molecule has 0 fully saturated rings. The number of unbranched alkanes of at least 4 members (excludes halogenated alkanes) is 1. The van der Waals surface area contributed by atoms with Gasteiger partial charge in [0.15, 0.2) is 5.69 Å². The first-order chi connectivity index (χ1) is 10.6. The zero-order valence-corrected chi connectivity index (χ0v) is 13.7. The summed E-state index contributed by atoms with van der Waals surface area (Å²) in [5, 5.41) is 11.0. The van der Waals surface area contributed by atoms with Crippen molar-refractivity contribution < 1.29 is 9.18 Å². The summed E-state index contributed by atoms with van der Waals surface area (Å²) in [6, 6.07) is 5.65. The molecule has 126 valence electrons. The monoisotopic (exact) mass is 341 g/mol. The van der Waals surface area contributed by atoms with E-state index in [1.54, 1.807) is 12.1 Å². The summed E-state index contributed by atoms with van der Waals surface area (Å²) >= 11 is 0. The lowest BCUT2D eigenvalue weighted by atomic mass is 10.1. The first-order valence-corrected chi connectivity index (χ1v) is 7.33. The van der Waals surface area contributed by atoms with Gasteiger partial charge in [-0.05, 0) is 30.7 Å². The minimum atomic E-state index is -0.337. The van der Waals surface area contributed by atoms with Crippen LogP contribution in [0.5, 0.6) is 0 Å². The van der Waals surface area contributed by atoms with Gasteiger partial charge in [0.2, 0.25) is 0 Å². The Bertz CT molecular complexity index is 617. The first-order valence-electron chi connectivity index (χ1n) is 7.33. The number of benzene rings is 1. The highest BCUT2D eigenvalue weighted by molar-refractivity contribution is 5.92. The number of hydrogen-bond donors (Lipinski definition) is 2. The van der Waals surface area contributed by atoms with E-state index in [0.29, 0.717) is 12.2 Å². The van der Waals surface area contributed by atoms with Crippen molar-refractivity contribution in [2.45, 2.75) is 32.2 Å². The second-order valence-corrected chi connectivity index (χ2v) is 5.04. The average molecular weight is 342 g/mol. The first kappa shape index (κ1) is 19.1. The minimum Gasteiger partial charge on any atom is -0.347 e. The summed E-state index contributed by atoms with van der Waals surface area (Å²) in [5.41, 5.74) is 6.45. The van der Waals surface area contributed by atoms with Crippen molar-refractivity contribution >= 4 is 18.3 Å². The fraction of sp³-hybridized carbons (Fsp3) is 0.400. The molecule has 8 heteroatoms. The van der Waals surface area contributed by atoms with Crippen LogP contribution in [0.25, 0.3) is 5.69 Å². The van der Waals surface area contributed by atoms with E-state index in [4.69, 9.17) is 5.73 Å². The van der Waals surface area contributed by atoms with Crippen LogP contribution in [0, 0.1) is 5.82 Å². The summed E-state index contributed by atoms with van der Waals surface area (Å²) in [5.74, 6) is -0.643. The molecule has 0 saturated heterocycles. The van der Waals surface area contributed by atoms with E-state index in [-0.39, 0.29) is 35.9 Å². The van der Waals surface area contributed by atoms with Gasteiger partial charge in [0.25, 0.3) is 5.91 Å². The van der Waals surface area contributed by atoms with Crippen LogP contribution in [0.3, 0.4) is 0 Å². The van der Waals surface area contributed by atoms with Gasteiger partial charge in [0.1, 0.15) is 5.82 Å². The SMILES string of the molecule is CCCCC(CN)NC(=O)c1cnn(-c2ccc(F)cc2)n1.Cl. The van der Waals surface area contributed by atoms with Crippen LogP contribution in [-0.2, 0) is 0 Å². The van der Waals surface area contributed by atoms with E-state index in [1.165, 1.54) is 23.1 Å². The lowest BCUT2D eigenvalue weighted by molar-refractivity contribution is 0.0930. The fourth-order valence-electron chi connectivity index (χ4n) is 2.02. The van der Waals surface area contributed by atoms with Crippen molar-refractivity contribution in [1.29, 1.82) is 0 Å². The van der Waals surface area contributed by atoms with Crippen LogP contribution in [0.4, 0.5) is 4.39 Å². The number of halogens is 2. The second kappa shape index (κ2) is 9.22. The molecule has 0 bridgehead atoms. The van der Waals surface area contributed by atoms with Crippen molar-refractivity contribution in [2.75, 3.05) is 6.54 Å². The smallest absolute Gasteiger partial charge is 0.273 e. The molecule has 1 amide bonds. The van der Waals surface area contributed by atoms with Crippen LogP contribution in [0.1, 0.15) is 36.7 Å². The van der Waals surface area contributed by atoms with Gasteiger partial charge in [0, 0.05) is 12.6 Å². The Labute approximate surface area is 140 Å². The van der Waals surface area contributed by atoms with E-state index in [0.717, 1.165) is 19.3 Å². The van der Waals surface area contributed by atoms with Gasteiger partial charge in [-0.25, -0.2) is 4.39 Å². The van der Waals surface area contributed by atoms with Crippen LogP contribution in [-0.4, -0.2) is 33.5 Å². The predicted octanol–water partition coefficient (Wildman–Crippen LogP) is 2.08. The lowest BCUT2D eigenvalue weighted by Crippen LogP contribution is -2.40. The largest absolute Gasteiger partial charge is 0.347 e. The maximum atomic E-state index is 12.9. The molecule has 0 spiro atoms. The fourth-order valence-corrected chi connectivity index (χ4v) is 2.02. The summed E-state index contributed by atoms with van der Waals surface area (Å²) in [7, 11) is 0. The third kappa shape index (κ3) is 5.30. The maximum Gasteiger partial charge on any atom is 0.273 e. The molecule has 2 rings (SSSR count). The zero-order valence-electron chi connectivity index (χ0n) is 12.9. The Morgan fingerprint density at radius 2 is 2.09 bits per heavy atom. The molecule has 0 saturated carbocycles. The Hall–Kier alpha value is -1.99. The number of aromatic nitrogens is 3. The van der Waals surface area contributed by atoms with E-state index in [2.05, 4.69) is 22.4 Å². The molecule has 1 aromatic heterocycles. The number of nitrogens with zero attached hydrogens (tertiary/aromatic N) is 3. The van der Waals surface area contributed by atoms with Gasteiger partial charge >= 0.3 is 0 Å². The van der Waals surface area contributed by atoms with E-state index >= 15 is 0 Å². The Morgan fingerprint density at radius 1 is 1.39 bits per heavy atom. The number of hydrogen-bond acceptors (Lipinski definition) is 4. The van der Waals surface area contributed by atoms with Crippen molar-refractivity contribution in [3.05, 3.63) is 42.0 Å². The van der Waals surface area contributed by atoms with E-state index in [1.807, 2.05) is 0 Å². The lowest BCUT2D eigenvalue weighted by Gasteiger charge is -2.15. The highest BCUT2D eigenvalue weighted by Gasteiger charge is 2.15. The number of carbonyl (C=O) groups excluding carboxylic acids is 1. The van der Waals surface area contributed by atoms with Gasteiger partial charge in [-0.1, -0.05) is 19.8 Å². The summed E-state index contributed by atoms with van der Waals surface area (Å²) in [6.07, 6.45) is 4.27. The molecular weight excluding hydrogens is 321 g/mol. The Kier molecular flexibility index (Phi) is 7.64. The predicted molar refractivity (Wildman–Crippen MR) is 88.4 cm³/mol. The number of nitrogens with two attached hydrogens (primary N) is 1. The molecule has 6 nitrogen and oxygen atoms in total. The highest BCUT2D eigenvalue weighted by atomic mass is 35.5. The minimum absolute atomic E-state index is 0. The second-order valence-electron chi connectivity index (χ2n) is 5.04. The topological polar surface area (TPSA) is 85.8 Å². The maximum absolute atomic E-state index is 12.9. The Balaban J connectivity index is 0.00000264. The van der Waals surface area contributed by atoms with Gasteiger partial charge < -0.3 is 11.1 Å². The molecule has 0 aliphatic heterocycles. The number of carbonyl (C=O) groups is 1. The van der Waals surface area contributed by atoms with Gasteiger partial charge in [0.05, 0.1) is 11.9 Å². The van der Waals surface area contributed by atoms with Crippen LogP contribution >= 0.6 is 12.4 Å². The van der Waals surface area contributed by atoms with Gasteiger partial charge in [-0.2, -0.15) is 9.90 Å². The Morgan fingerprint density at radius 3 is 2.70 bits per heavy atom. The van der Waals surface area contributed by atoms with Crippen molar-refractivity contribution in [2.24, 2.45) is 5.73 Å². The third-order valence-electron chi connectivity index (χ3n) is 3.31. The highest BCUT2D eigenvalue weighted by Crippen LogP contribution is 2.07. The van der Waals surface area contributed by atoms with Crippen LogP contribution in [0.15, 0.2) is 30.5 Å². The summed E-state index contributed by atoms with van der Waals surface area (Å²) < 4.78 is 12.9. The quantitative estimate of drug-likeness (QED) is 0.807. The summed E-state index contributed by atoms with van der Waals surface area (Å²) in [4.78, 5) is 13.4. The van der Waals surface area contributed by atoms with Gasteiger partial charge in [-0.15, -0.1) is 17.5 Å². The van der Waals surface area contributed by atoms with Crippen molar-refractivity contribution in [3.8, 4) is 5.69 Å². The van der Waals surface area contributed by atoms with Gasteiger partial charge in [-0.3, -0.25) is 4.79 Å². The van der Waals surface area contributed by atoms with Crippen LogP contribution < -0.4 is 11.1 Å². The molecule has 0 radical (unpaired) electrons. The average Bonchev–Trinajstić information content (AvgIpc) is 3.02. The molecule has 0 aliphatic carbocycles. The number of amides is 1. The standard InChI is InChI=1S/C15H20FN5O.ClH/c1-2-3-4-12(9-17)19-15(22)14-10-18-21(20-14)13-7-5-11(16)6-8-13;/h5-8,10,12H,2-4,9,17H2,1H3,(H,19,22);1H.